The lowest BCUT2D eigenvalue weighted by molar-refractivity contribution is 0.207. The van der Waals surface area contributed by atoms with Gasteiger partial charge in [0.05, 0.1) is 0 Å². The maximum absolute atomic E-state index is 13.4. The lowest BCUT2D eigenvalue weighted by atomic mass is 9.96. The van der Waals surface area contributed by atoms with Gasteiger partial charge in [-0.05, 0) is 50.9 Å². The summed E-state index contributed by atoms with van der Waals surface area (Å²) in [5, 5.41) is 7.79. The van der Waals surface area contributed by atoms with Gasteiger partial charge in [0.15, 0.2) is 0 Å². The van der Waals surface area contributed by atoms with E-state index in [1.807, 2.05) is 53.4 Å². The first kappa shape index (κ1) is 19.8. The smallest absolute Gasteiger partial charge is 0.316 e. The Balaban J connectivity index is 1.57. The van der Waals surface area contributed by atoms with E-state index in [1.165, 1.54) is 21.5 Å². The largest absolute Gasteiger partial charge is 0.322 e. The standard InChI is InChI=1S/C29H24N2O/c32-29(30-25-15-5-2-6-16-25)31(20-22-11-3-1-4-12-22)21-28-26-17-9-7-13-23(26)19-24-14-8-10-18-27(24)28/h1-19H,20-21H2,(H,30,32). The van der Waals surface area contributed by atoms with E-state index in [1.54, 1.807) is 0 Å². The van der Waals surface area contributed by atoms with Crippen molar-refractivity contribution in [3.63, 3.8) is 0 Å². The Morgan fingerprint density at radius 1 is 0.625 bits per heavy atom. The Bertz CT molecular complexity index is 1310. The molecule has 0 spiro atoms. The topological polar surface area (TPSA) is 32.3 Å². The number of carbonyl (C=O) groups excluding carboxylic acids is 1. The number of nitrogens with zero attached hydrogens (tertiary/aromatic N) is 1. The van der Waals surface area contributed by atoms with Crippen LogP contribution in [0.4, 0.5) is 10.5 Å². The number of benzene rings is 5. The zero-order valence-electron chi connectivity index (χ0n) is 17.7. The van der Waals surface area contributed by atoms with E-state index in [-0.39, 0.29) is 6.03 Å². The van der Waals surface area contributed by atoms with Crippen LogP contribution < -0.4 is 5.32 Å². The molecule has 1 N–H and O–H groups in total. The van der Waals surface area contributed by atoms with Crippen molar-refractivity contribution in [3.05, 3.63) is 126 Å². The van der Waals surface area contributed by atoms with Gasteiger partial charge >= 0.3 is 6.03 Å². The summed E-state index contributed by atoms with van der Waals surface area (Å²) in [6.07, 6.45) is 0. The number of hydrogen-bond acceptors (Lipinski definition) is 1. The van der Waals surface area contributed by atoms with Gasteiger partial charge in [-0.3, -0.25) is 0 Å². The molecule has 32 heavy (non-hydrogen) atoms. The number of fused-ring (bicyclic) bond motifs is 2. The van der Waals surface area contributed by atoms with Gasteiger partial charge in [0.1, 0.15) is 0 Å². The molecule has 2 amide bonds. The summed E-state index contributed by atoms with van der Waals surface area (Å²) >= 11 is 0. The van der Waals surface area contributed by atoms with E-state index in [0.717, 1.165) is 16.8 Å². The quantitative estimate of drug-likeness (QED) is 0.301. The Labute approximate surface area is 187 Å². The highest BCUT2D eigenvalue weighted by atomic mass is 16.2. The first-order valence-corrected chi connectivity index (χ1v) is 10.8. The number of amides is 2. The number of nitrogens with one attached hydrogen (secondary N) is 1. The van der Waals surface area contributed by atoms with Crippen molar-refractivity contribution in [1.82, 2.24) is 4.90 Å². The molecule has 0 radical (unpaired) electrons. The van der Waals surface area contributed by atoms with E-state index in [2.05, 4.69) is 72.0 Å². The number of urea groups is 1. The van der Waals surface area contributed by atoms with E-state index < -0.39 is 0 Å². The number of rotatable bonds is 5. The predicted molar refractivity (Wildman–Crippen MR) is 133 cm³/mol. The van der Waals surface area contributed by atoms with Crippen LogP contribution in [0.15, 0.2) is 115 Å². The van der Waals surface area contributed by atoms with Crippen LogP contribution in [0.2, 0.25) is 0 Å². The third kappa shape index (κ3) is 4.19. The van der Waals surface area contributed by atoms with Gasteiger partial charge in [-0.1, -0.05) is 97.1 Å². The van der Waals surface area contributed by atoms with Crippen LogP contribution in [-0.4, -0.2) is 10.9 Å². The molecule has 5 rings (SSSR count). The van der Waals surface area contributed by atoms with Crippen molar-refractivity contribution < 1.29 is 4.79 Å². The lowest BCUT2D eigenvalue weighted by Gasteiger charge is -2.25. The molecule has 5 aromatic carbocycles. The maximum Gasteiger partial charge on any atom is 0.322 e. The molecule has 5 aromatic rings. The SMILES string of the molecule is O=C(Nc1ccccc1)N(Cc1ccccc1)Cc1c2ccccc2cc2ccccc12. The molecule has 3 heteroatoms. The number of anilines is 1. The summed E-state index contributed by atoms with van der Waals surface area (Å²) in [6, 6.07) is 38.7. The number of carbonyl (C=O) groups is 1. The molecular formula is C29H24N2O. The molecule has 0 unspecified atom stereocenters. The fourth-order valence-electron chi connectivity index (χ4n) is 4.20. The van der Waals surface area contributed by atoms with Crippen molar-refractivity contribution in [2.75, 3.05) is 5.32 Å². The third-order valence-corrected chi connectivity index (χ3v) is 5.76. The average Bonchev–Trinajstić information content (AvgIpc) is 2.84. The monoisotopic (exact) mass is 416 g/mol. The summed E-state index contributed by atoms with van der Waals surface area (Å²) in [5.41, 5.74) is 3.05. The molecule has 0 heterocycles. The molecule has 0 aliphatic carbocycles. The van der Waals surface area contributed by atoms with Gasteiger partial charge in [-0.2, -0.15) is 0 Å². The summed E-state index contributed by atoms with van der Waals surface area (Å²) in [5.74, 6) is 0. The van der Waals surface area contributed by atoms with Crippen LogP contribution in [0, 0.1) is 0 Å². The van der Waals surface area contributed by atoms with Crippen molar-refractivity contribution in [1.29, 1.82) is 0 Å². The molecule has 0 bridgehead atoms. The summed E-state index contributed by atoms with van der Waals surface area (Å²) < 4.78 is 0. The van der Waals surface area contributed by atoms with Gasteiger partial charge in [0, 0.05) is 18.8 Å². The van der Waals surface area contributed by atoms with E-state index >= 15 is 0 Å². The highest BCUT2D eigenvalue weighted by Crippen LogP contribution is 2.30. The average molecular weight is 417 g/mol. The van der Waals surface area contributed by atoms with E-state index in [9.17, 15) is 4.79 Å². The molecule has 156 valence electrons. The van der Waals surface area contributed by atoms with Gasteiger partial charge < -0.3 is 10.2 Å². The van der Waals surface area contributed by atoms with Gasteiger partial charge in [-0.25, -0.2) is 4.79 Å². The molecule has 0 aliphatic rings. The second-order valence-electron chi connectivity index (χ2n) is 7.94. The Morgan fingerprint density at radius 3 is 1.78 bits per heavy atom. The zero-order valence-corrected chi connectivity index (χ0v) is 17.7. The minimum atomic E-state index is -0.114. The van der Waals surface area contributed by atoms with Crippen LogP contribution in [0.25, 0.3) is 21.5 Å². The van der Waals surface area contributed by atoms with Crippen LogP contribution in [0.1, 0.15) is 11.1 Å². The predicted octanol–water partition coefficient (Wildman–Crippen LogP) is 7.23. The minimum absolute atomic E-state index is 0.114. The fourth-order valence-corrected chi connectivity index (χ4v) is 4.20. The molecule has 0 saturated carbocycles. The summed E-state index contributed by atoms with van der Waals surface area (Å²) in [6.45, 7) is 1.03. The molecular weight excluding hydrogens is 392 g/mol. The highest BCUT2D eigenvalue weighted by molar-refractivity contribution is 6.02. The fraction of sp³-hybridized carbons (Fsp3) is 0.0690. The maximum atomic E-state index is 13.4. The van der Waals surface area contributed by atoms with Crippen LogP contribution in [0.3, 0.4) is 0 Å². The van der Waals surface area contributed by atoms with Gasteiger partial charge in [0.25, 0.3) is 0 Å². The molecule has 0 aliphatic heterocycles. The molecule has 0 saturated heterocycles. The second-order valence-corrected chi connectivity index (χ2v) is 7.94. The first-order valence-electron chi connectivity index (χ1n) is 10.8. The lowest BCUT2D eigenvalue weighted by Crippen LogP contribution is -2.34. The Kier molecular flexibility index (Phi) is 5.54. The van der Waals surface area contributed by atoms with Crippen LogP contribution >= 0.6 is 0 Å². The zero-order chi connectivity index (χ0) is 21.8. The molecule has 0 fully saturated rings. The van der Waals surface area contributed by atoms with Crippen molar-refractivity contribution in [2.24, 2.45) is 0 Å². The number of para-hydroxylation sites is 1. The van der Waals surface area contributed by atoms with Gasteiger partial charge in [0.2, 0.25) is 0 Å². The summed E-state index contributed by atoms with van der Waals surface area (Å²) in [4.78, 5) is 15.3. The van der Waals surface area contributed by atoms with Crippen LogP contribution in [0.5, 0.6) is 0 Å². The normalized spacial score (nSPS) is 10.9. The van der Waals surface area contributed by atoms with E-state index in [4.69, 9.17) is 0 Å². The minimum Gasteiger partial charge on any atom is -0.316 e. The Morgan fingerprint density at radius 2 is 1.16 bits per heavy atom. The van der Waals surface area contributed by atoms with Crippen molar-refractivity contribution >= 4 is 33.3 Å². The molecule has 0 aromatic heterocycles. The third-order valence-electron chi connectivity index (χ3n) is 5.76. The van der Waals surface area contributed by atoms with E-state index in [0.29, 0.717) is 13.1 Å². The number of hydrogen-bond donors (Lipinski definition) is 1. The highest BCUT2D eigenvalue weighted by Gasteiger charge is 2.18. The summed E-state index contributed by atoms with van der Waals surface area (Å²) in [7, 11) is 0. The first-order chi connectivity index (χ1) is 15.8. The van der Waals surface area contributed by atoms with Crippen molar-refractivity contribution in [3.8, 4) is 0 Å². The van der Waals surface area contributed by atoms with Crippen molar-refractivity contribution in [2.45, 2.75) is 13.1 Å². The van der Waals surface area contributed by atoms with Gasteiger partial charge in [-0.15, -0.1) is 0 Å². The second kappa shape index (κ2) is 8.94. The van der Waals surface area contributed by atoms with Crippen LogP contribution in [-0.2, 0) is 13.1 Å². The Hall–Kier alpha value is -4.11. The molecule has 0 atom stereocenters. The molecule has 3 nitrogen and oxygen atoms in total.